The Kier molecular flexibility index (Phi) is 5.86. The molecule has 1 unspecified atom stereocenters. The number of rotatable bonds is 6. The maximum absolute atomic E-state index is 12.5. The van der Waals surface area contributed by atoms with Crippen LogP contribution in [0, 0.1) is 0 Å². The summed E-state index contributed by atoms with van der Waals surface area (Å²) < 4.78 is 30.3. The van der Waals surface area contributed by atoms with Crippen LogP contribution in [0.4, 0.5) is 0 Å². The van der Waals surface area contributed by atoms with Crippen LogP contribution >= 0.6 is 0 Å². The lowest BCUT2D eigenvalue weighted by Crippen LogP contribution is -2.36. The molecule has 1 amide bonds. The molecule has 1 heterocycles. The predicted octanol–water partition coefficient (Wildman–Crippen LogP) is 3.69. The van der Waals surface area contributed by atoms with Gasteiger partial charge in [-0.25, -0.2) is 8.42 Å². The van der Waals surface area contributed by atoms with Crippen molar-refractivity contribution in [3.8, 4) is 5.75 Å². The fraction of sp³-hybridized carbons (Fsp3) is 0.208. The Bertz CT molecular complexity index is 1140. The second-order valence-corrected chi connectivity index (χ2v) is 9.40. The molecule has 0 fully saturated rings. The first-order valence-electron chi connectivity index (χ1n) is 9.88. The minimum atomic E-state index is -3.28. The van der Waals surface area contributed by atoms with Crippen molar-refractivity contribution in [3.05, 3.63) is 95.6 Å². The van der Waals surface area contributed by atoms with E-state index in [2.05, 4.69) is 17.4 Å². The summed E-state index contributed by atoms with van der Waals surface area (Å²) in [7, 11) is -3.28. The van der Waals surface area contributed by atoms with Crippen molar-refractivity contribution in [3.63, 3.8) is 0 Å². The molecular formula is C24H23NO4S. The fourth-order valence-electron chi connectivity index (χ4n) is 3.73. The Morgan fingerprint density at radius 3 is 2.47 bits per heavy atom. The van der Waals surface area contributed by atoms with E-state index in [-0.39, 0.29) is 24.3 Å². The zero-order valence-electron chi connectivity index (χ0n) is 16.5. The normalized spacial score (nSPS) is 17.0. The van der Waals surface area contributed by atoms with Crippen LogP contribution in [0.3, 0.4) is 0 Å². The number of ether oxygens (including phenoxy) is 1. The number of carbonyl (C=O) groups excluding carboxylic acids is 1. The molecule has 3 aromatic carbocycles. The number of hydrogen-bond donors (Lipinski definition) is 1. The van der Waals surface area contributed by atoms with Crippen molar-refractivity contribution in [2.75, 3.05) is 12.4 Å². The van der Waals surface area contributed by atoms with E-state index in [1.54, 1.807) is 24.3 Å². The van der Waals surface area contributed by atoms with Crippen LogP contribution in [0.25, 0.3) is 0 Å². The Morgan fingerprint density at radius 2 is 1.63 bits per heavy atom. The highest BCUT2D eigenvalue weighted by Crippen LogP contribution is 2.31. The number of carbonyl (C=O) groups is 1. The lowest BCUT2D eigenvalue weighted by molar-refractivity contribution is -0.123. The number of hydrogen-bond acceptors (Lipinski definition) is 4. The van der Waals surface area contributed by atoms with Gasteiger partial charge in [0.25, 0.3) is 5.91 Å². The maximum atomic E-state index is 12.5. The summed E-state index contributed by atoms with van der Waals surface area (Å²) in [6.07, 6.45) is 1.07. The smallest absolute Gasteiger partial charge is 0.258 e. The molecule has 3 aromatic rings. The molecule has 1 aliphatic rings. The Hall–Kier alpha value is -3.12. The molecule has 0 aliphatic carbocycles. The molecule has 30 heavy (non-hydrogen) atoms. The maximum Gasteiger partial charge on any atom is 0.258 e. The van der Waals surface area contributed by atoms with Gasteiger partial charge in [-0.3, -0.25) is 4.79 Å². The highest BCUT2D eigenvalue weighted by atomic mass is 32.2. The zero-order chi connectivity index (χ0) is 21.0. The zero-order valence-corrected chi connectivity index (χ0v) is 17.3. The van der Waals surface area contributed by atoms with Gasteiger partial charge in [-0.15, -0.1) is 0 Å². The Morgan fingerprint density at radius 1 is 0.933 bits per heavy atom. The summed E-state index contributed by atoms with van der Waals surface area (Å²) in [6.45, 7) is -0.128. The van der Waals surface area contributed by atoms with Gasteiger partial charge in [0, 0.05) is 6.42 Å². The molecule has 0 saturated heterocycles. The third-order valence-corrected chi connectivity index (χ3v) is 7.02. The molecule has 154 valence electrons. The molecule has 0 aromatic heterocycles. The van der Waals surface area contributed by atoms with Crippen LogP contribution < -0.4 is 10.1 Å². The summed E-state index contributed by atoms with van der Waals surface area (Å²) in [5, 5.41) is 2.92. The van der Waals surface area contributed by atoms with Gasteiger partial charge >= 0.3 is 0 Å². The molecule has 1 N–H and O–H groups in total. The third-order valence-electron chi connectivity index (χ3n) is 5.21. The topological polar surface area (TPSA) is 72.5 Å². The molecule has 1 aliphatic heterocycles. The monoisotopic (exact) mass is 421 g/mol. The second kappa shape index (κ2) is 8.71. The van der Waals surface area contributed by atoms with E-state index in [1.165, 1.54) is 0 Å². The highest BCUT2D eigenvalue weighted by molar-refractivity contribution is 7.91. The molecule has 0 radical (unpaired) electrons. The Balaban J connectivity index is 1.42. The first-order chi connectivity index (χ1) is 14.5. The van der Waals surface area contributed by atoms with E-state index in [4.69, 9.17) is 4.74 Å². The quantitative estimate of drug-likeness (QED) is 0.659. The largest absolute Gasteiger partial charge is 0.483 e. The molecule has 0 spiro atoms. The van der Waals surface area contributed by atoms with Crippen molar-refractivity contribution >= 4 is 15.7 Å². The standard InChI is InChI=1S/C24H23NO4S/c26-24(25-21-14-15-30(27,28)23-13-7-5-11-20(21)23)17-29-22-12-6-4-10-19(22)16-18-8-2-1-3-9-18/h1-13,21H,14-17H2,(H,25,26). The van der Waals surface area contributed by atoms with E-state index in [0.29, 0.717) is 29.1 Å². The molecule has 1 atom stereocenters. The van der Waals surface area contributed by atoms with Gasteiger partial charge in [-0.1, -0.05) is 66.7 Å². The van der Waals surface area contributed by atoms with Gasteiger partial charge in [-0.05, 0) is 35.2 Å². The molecule has 0 saturated carbocycles. The van der Waals surface area contributed by atoms with E-state index in [0.717, 1.165) is 11.1 Å². The molecule has 6 heteroatoms. The molecule has 5 nitrogen and oxygen atoms in total. The SMILES string of the molecule is O=C(COc1ccccc1Cc1ccccc1)NC1CCS(=O)(=O)c2ccccc21. The van der Waals surface area contributed by atoms with E-state index in [1.807, 2.05) is 42.5 Å². The molecule has 0 bridgehead atoms. The van der Waals surface area contributed by atoms with Gasteiger partial charge in [0.1, 0.15) is 5.75 Å². The van der Waals surface area contributed by atoms with Crippen LogP contribution in [-0.4, -0.2) is 26.7 Å². The summed E-state index contributed by atoms with van der Waals surface area (Å²) in [6, 6.07) is 24.3. The number of nitrogens with one attached hydrogen (secondary N) is 1. The van der Waals surface area contributed by atoms with E-state index < -0.39 is 9.84 Å². The summed E-state index contributed by atoms with van der Waals surface area (Å²) >= 11 is 0. The summed E-state index contributed by atoms with van der Waals surface area (Å²) in [5.74, 6) is 0.419. The van der Waals surface area contributed by atoms with Crippen LogP contribution in [0.15, 0.2) is 83.8 Å². The lowest BCUT2D eigenvalue weighted by atomic mass is 10.0. The summed E-state index contributed by atoms with van der Waals surface area (Å²) in [5.41, 5.74) is 2.81. The molecular weight excluding hydrogens is 398 g/mol. The minimum absolute atomic E-state index is 0.0235. The number of benzene rings is 3. The average Bonchev–Trinajstić information content (AvgIpc) is 2.76. The van der Waals surface area contributed by atoms with Gasteiger partial charge < -0.3 is 10.1 Å². The number of fused-ring (bicyclic) bond motifs is 1. The number of para-hydroxylation sites is 1. The number of sulfone groups is 1. The Labute approximate surface area is 176 Å². The first kappa shape index (κ1) is 20.2. The van der Waals surface area contributed by atoms with E-state index >= 15 is 0 Å². The van der Waals surface area contributed by atoms with Crippen LogP contribution in [0.1, 0.15) is 29.2 Å². The number of amides is 1. The predicted molar refractivity (Wildman–Crippen MR) is 115 cm³/mol. The van der Waals surface area contributed by atoms with Crippen molar-refractivity contribution in [1.29, 1.82) is 0 Å². The van der Waals surface area contributed by atoms with Gasteiger partial charge in [0.05, 0.1) is 16.7 Å². The highest BCUT2D eigenvalue weighted by Gasteiger charge is 2.30. The van der Waals surface area contributed by atoms with Crippen LogP contribution in [-0.2, 0) is 21.1 Å². The minimum Gasteiger partial charge on any atom is -0.483 e. The van der Waals surface area contributed by atoms with E-state index in [9.17, 15) is 13.2 Å². The average molecular weight is 422 g/mol. The fourth-order valence-corrected chi connectivity index (χ4v) is 5.35. The van der Waals surface area contributed by atoms with Crippen LogP contribution in [0.5, 0.6) is 5.75 Å². The van der Waals surface area contributed by atoms with Crippen molar-refractivity contribution in [1.82, 2.24) is 5.32 Å². The first-order valence-corrected chi connectivity index (χ1v) is 11.5. The van der Waals surface area contributed by atoms with Crippen molar-refractivity contribution in [2.45, 2.75) is 23.8 Å². The van der Waals surface area contributed by atoms with Crippen molar-refractivity contribution in [2.24, 2.45) is 0 Å². The van der Waals surface area contributed by atoms with Gasteiger partial charge in [0.15, 0.2) is 16.4 Å². The third kappa shape index (κ3) is 4.54. The second-order valence-electron chi connectivity index (χ2n) is 7.32. The van der Waals surface area contributed by atoms with Crippen LogP contribution in [0.2, 0.25) is 0 Å². The lowest BCUT2D eigenvalue weighted by Gasteiger charge is -2.26. The van der Waals surface area contributed by atoms with Gasteiger partial charge in [0.2, 0.25) is 0 Å². The van der Waals surface area contributed by atoms with Crippen molar-refractivity contribution < 1.29 is 17.9 Å². The van der Waals surface area contributed by atoms with Gasteiger partial charge in [-0.2, -0.15) is 0 Å². The summed E-state index contributed by atoms with van der Waals surface area (Å²) in [4.78, 5) is 12.8. The molecule has 4 rings (SSSR count).